The molecule has 0 aromatic carbocycles. The zero-order chi connectivity index (χ0) is 12.3. The van der Waals surface area contributed by atoms with Crippen LogP contribution in [0.1, 0.15) is 20.4 Å². The number of carbonyl (C=O) groups is 1. The number of thiophene rings is 1. The molecule has 0 aliphatic heterocycles. The monoisotopic (exact) mass is 251 g/mol. The van der Waals surface area contributed by atoms with Gasteiger partial charge in [0, 0.05) is 23.5 Å². The van der Waals surface area contributed by atoms with Crippen LogP contribution in [0.2, 0.25) is 0 Å². The van der Waals surface area contributed by atoms with Crippen molar-refractivity contribution in [3.8, 4) is 0 Å². The molecule has 17 heavy (non-hydrogen) atoms. The van der Waals surface area contributed by atoms with Crippen molar-refractivity contribution in [2.75, 3.05) is 12.3 Å². The molecule has 2 rings (SSSR count). The zero-order valence-corrected chi connectivity index (χ0v) is 10.2. The maximum Gasteiger partial charge on any atom is 0.261 e. The van der Waals surface area contributed by atoms with Crippen LogP contribution in [0.5, 0.6) is 0 Å². The quantitative estimate of drug-likeness (QED) is 0.746. The summed E-state index contributed by atoms with van der Waals surface area (Å²) in [6.07, 6.45) is 2.08. The Kier molecular flexibility index (Phi) is 3.38. The van der Waals surface area contributed by atoms with Gasteiger partial charge in [-0.3, -0.25) is 9.89 Å². The van der Waals surface area contributed by atoms with Crippen molar-refractivity contribution in [3.63, 3.8) is 0 Å². The van der Waals surface area contributed by atoms with Gasteiger partial charge in [-0.15, -0.1) is 11.3 Å². The van der Waals surface area contributed by atoms with E-state index in [2.05, 4.69) is 20.5 Å². The number of nitrogens with one attached hydrogen (secondary N) is 2. The number of nitrogens with two attached hydrogens (primary N) is 1. The van der Waals surface area contributed by atoms with Gasteiger partial charge in [-0.1, -0.05) is 0 Å². The summed E-state index contributed by atoms with van der Waals surface area (Å²) in [4.78, 5) is 17.3. The summed E-state index contributed by atoms with van der Waals surface area (Å²) < 4.78 is 0. The summed E-state index contributed by atoms with van der Waals surface area (Å²) in [5.74, 6) is 0.654. The van der Waals surface area contributed by atoms with Gasteiger partial charge in [0.2, 0.25) is 0 Å². The first-order valence-corrected chi connectivity index (χ1v) is 5.97. The molecule has 0 saturated heterocycles. The standard InChI is InChI=1S/C10H13N5OS/c1-6-7(11)4-8(17-6)10(16)12-3-2-9-13-5-14-15-9/h4-5H,2-3,11H2,1H3,(H,12,16)(H,13,14,15). The molecule has 0 spiro atoms. The number of H-pyrrole nitrogens is 1. The summed E-state index contributed by atoms with van der Waals surface area (Å²) in [6.45, 7) is 2.41. The molecule has 4 N–H and O–H groups in total. The van der Waals surface area contributed by atoms with E-state index in [4.69, 9.17) is 5.73 Å². The first kappa shape index (κ1) is 11.6. The zero-order valence-electron chi connectivity index (χ0n) is 9.36. The fourth-order valence-corrected chi connectivity index (χ4v) is 2.20. The van der Waals surface area contributed by atoms with Crippen LogP contribution in [0.15, 0.2) is 12.4 Å². The Labute approximate surface area is 102 Å². The van der Waals surface area contributed by atoms with Crippen LogP contribution in [0, 0.1) is 6.92 Å². The molecule has 0 bridgehead atoms. The topological polar surface area (TPSA) is 96.7 Å². The van der Waals surface area contributed by atoms with Crippen LogP contribution >= 0.6 is 11.3 Å². The SMILES string of the molecule is Cc1sc(C(=O)NCCc2ncn[nH]2)cc1N. The van der Waals surface area contributed by atoms with E-state index in [1.807, 2.05) is 6.92 Å². The lowest BCUT2D eigenvalue weighted by Crippen LogP contribution is -2.25. The number of aromatic amines is 1. The second-order valence-corrected chi connectivity index (χ2v) is 4.82. The van der Waals surface area contributed by atoms with Crippen LogP contribution in [-0.2, 0) is 6.42 Å². The number of nitrogens with zero attached hydrogens (tertiary/aromatic N) is 2. The third-order valence-electron chi connectivity index (χ3n) is 2.29. The van der Waals surface area contributed by atoms with E-state index in [9.17, 15) is 4.79 Å². The predicted octanol–water partition coefficient (Wildman–Crippen LogP) is 0.729. The summed E-state index contributed by atoms with van der Waals surface area (Å²) in [5.41, 5.74) is 6.35. The molecule has 6 nitrogen and oxygen atoms in total. The van der Waals surface area contributed by atoms with Crippen molar-refractivity contribution in [3.05, 3.63) is 28.0 Å². The molecule has 1 amide bonds. The fourth-order valence-electron chi connectivity index (χ4n) is 1.34. The minimum atomic E-state index is -0.102. The number of hydrogen-bond donors (Lipinski definition) is 3. The van der Waals surface area contributed by atoms with E-state index in [0.717, 1.165) is 10.7 Å². The number of amides is 1. The second kappa shape index (κ2) is 4.96. The highest BCUT2D eigenvalue weighted by atomic mass is 32.1. The first-order chi connectivity index (χ1) is 8.16. The fraction of sp³-hybridized carbons (Fsp3) is 0.300. The van der Waals surface area contributed by atoms with Crippen LogP contribution in [-0.4, -0.2) is 27.6 Å². The lowest BCUT2D eigenvalue weighted by molar-refractivity contribution is 0.0958. The number of carbonyl (C=O) groups excluding carboxylic acids is 1. The van der Waals surface area contributed by atoms with Crippen molar-refractivity contribution in [1.82, 2.24) is 20.5 Å². The number of rotatable bonds is 4. The molecule has 2 aromatic rings. The van der Waals surface area contributed by atoms with Gasteiger partial charge in [0.05, 0.1) is 4.88 Å². The van der Waals surface area contributed by atoms with Gasteiger partial charge >= 0.3 is 0 Å². The van der Waals surface area contributed by atoms with Gasteiger partial charge in [-0.2, -0.15) is 5.10 Å². The van der Waals surface area contributed by atoms with Gasteiger partial charge in [-0.25, -0.2) is 4.98 Å². The normalized spacial score (nSPS) is 10.4. The van der Waals surface area contributed by atoms with Crippen molar-refractivity contribution in [1.29, 1.82) is 0 Å². The van der Waals surface area contributed by atoms with Crippen LogP contribution in [0.4, 0.5) is 5.69 Å². The van der Waals surface area contributed by atoms with Gasteiger partial charge in [-0.05, 0) is 13.0 Å². The molecule has 0 unspecified atom stereocenters. The average Bonchev–Trinajstić information content (AvgIpc) is 2.90. The Balaban J connectivity index is 1.85. The van der Waals surface area contributed by atoms with Gasteiger partial charge in [0.15, 0.2) is 0 Å². The smallest absolute Gasteiger partial charge is 0.261 e. The highest BCUT2D eigenvalue weighted by Gasteiger charge is 2.10. The summed E-state index contributed by atoms with van der Waals surface area (Å²) in [5, 5.41) is 9.27. The molecule has 0 atom stereocenters. The highest BCUT2D eigenvalue weighted by molar-refractivity contribution is 7.14. The molecular formula is C10H13N5OS. The van der Waals surface area contributed by atoms with Gasteiger partial charge in [0.25, 0.3) is 5.91 Å². The predicted molar refractivity (Wildman–Crippen MR) is 65.9 cm³/mol. The van der Waals surface area contributed by atoms with Crippen LogP contribution < -0.4 is 11.1 Å². The van der Waals surface area contributed by atoms with Crippen molar-refractivity contribution >= 4 is 22.9 Å². The number of anilines is 1. The van der Waals surface area contributed by atoms with E-state index in [1.54, 1.807) is 6.07 Å². The van der Waals surface area contributed by atoms with Crippen molar-refractivity contribution in [2.45, 2.75) is 13.3 Å². The number of hydrogen-bond acceptors (Lipinski definition) is 5. The number of aryl methyl sites for hydroxylation is 1. The van der Waals surface area contributed by atoms with E-state index in [0.29, 0.717) is 23.5 Å². The van der Waals surface area contributed by atoms with Crippen molar-refractivity contribution < 1.29 is 4.79 Å². The molecule has 2 heterocycles. The molecule has 0 aliphatic carbocycles. The Morgan fingerprint density at radius 1 is 1.65 bits per heavy atom. The van der Waals surface area contributed by atoms with Gasteiger partial charge in [0.1, 0.15) is 12.2 Å². The van der Waals surface area contributed by atoms with E-state index >= 15 is 0 Å². The molecule has 0 radical (unpaired) electrons. The Bertz CT molecular complexity index is 485. The first-order valence-electron chi connectivity index (χ1n) is 5.15. The Hall–Kier alpha value is -1.89. The van der Waals surface area contributed by atoms with Crippen molar-refractivity contribution in [2.24, 2.45) is 0 Å². The highest BCUT2D eigenvalue weighted by Crippen LogP contribution is 2.22. The van der Waals surface area contributed by atoms with E-state index in [1.165, 1.54) is 17.7 Å². The Morgan fingerprint density at radius 2 is 2.47 bits per heavy atom. The molecule has 0 saturated carbocycles. The molecular weight excluding hydrogens is 238 g/mol. The second-order valence-electron chi connectivity index (χ2n) is 3.56. The Morgan fingerprint density at radius 3 is 3.06 bits per heavy atom. The molecule has 0 fully saturated rings. The summed E-state index contributed by atoms with van der Waals surface area (Å²) >= 11 is 1.40. The minimum absolute atomic E-state index is 0.102. The van der Waals surface area contributed by atoms with E-state index < -0.39 is 0 Å². The minimum Gasteiger partial charge on any atom is -0.398 e. The third-order valence-corrected chi connectivity index (χ3v) is 3.36. The van der Waals surface area contributed by atoms with E-state index in [-0.39, 0.29) is 5.91 Å². The maximum atomic E-state index is 11.7. The molecule has 90 valence electrons. The molecule has 7 heteroatoms. The lowest BCUT2D eigenvalue weighted by atomic mass is 10.3. The summed E-state index contributed by atoms with van der Waals surface area (Å²) in [7, 11) is 0. The third kappa shape index (κ3) is 2.82. The molecule has 0 aliphatic rings. The average molecular weight is 251 g/mol. The number of nitrogen functional groups attached to an aromatic ring is 1. The van der Waals surface area contributed by atoms with Crippen LogP contribution in [0.25, 0.3) is 0 Å². The largest absolute Gasteiger partial charge is 0.398 e. The van der Waals surface area contributed by atoms with Gasteiger partial charge < -0.3 is 11.1 Å². The van der Waals surface area contributed by atoms with Crippen LogP contribution in [0.3, 0.4) is 0 Å². The summed E-state index contributed by atoms with van der Waals surface area (Å²) in [6, 6.07) is 1.70. The number of aromatic nitrogens is 3. The molecule has 2 aromatic heterocycles. The lowest BCUT2D eigenvalue weighted by Gasteiger charge is -2.00. The maximum absolute atomic E-state index is 11.7.